The number of carbonyl (C=O) groups excluding carboxylic acids is 1. The van der Waals surface area contributed by atoms with E-state index in [0.717, 1.165) is 31.3 Å². The lowest BCUT2D eigenvalue weighted by Crippen LogP contribution is -2.43. The molecule has 3 heteroatoms. The van der Waals surface area contributed by atoms with E-state index >= 15 is 0 Å². The van der Waals surface area contributed by atoms with Crippen LogP contribution in [0, 0.1) is 0 Å². The van der Waals surface area contributed by atoms with Crippen LogP contribution in [0.5, 0.6) is 0 Å². The van der Waals surface area contributed by atoms with Crippen molar-refractivity contribution in [2.45, 2.75) is 38.4 Å². The van der Waals surface area contributed by atoms with Crippen LogP contribution >= 0.6 is 0 Å². The van der Waals surface area contributed by atoms with Crippen molar-refractivity contribution in [2.24, 2.45) is 0 Å². The maximum Gasteiger partial charge on any atom is 0.333 e. The third kappa shape index (κ3) is 1.75. The van der Waals surface area contributed by atoms with E-state index in [2.05, 4.69) is 0 Å². The van der Waals surface area contributed by atoms with E-state index in [-0.39, 0.29) is 5.97 Å². The molecular weight excluding hydrogens is 168 g/mol. The molecule has 2 rings (SSSR count). The van der Waals surface area contributed by atoms with Crippen LogP contribution < -0.4 is 0 Å². The lowest BCUT2D eigenvalue weighted by Gasteiger charge is -2.38. The van der Waals surface area contributed by atoms with Crippen molar-refractivity contribution in [1.29, 1.82) is 0 Å². The number of ether oxygens (including phenoxy) is 2. The third-order valence-electron chi connectivity index (χ3n) is 2.52. The van der Waals surface area contributed by atoms with Crippen molar-refractivity contribution in [2.75, 3.05) is 6.61 Å². The zero-order chi connectivity index (χ0) is 9.31. The standard InChI is InChI=1S/C10H14O3/c1-8-6-9(11)13-10(7-8)4-2-3-5-12-10/h6H,2-5,7H2,1H3. The zero-order valence-electron chi connectivity index (χ0n) is 7.84. The Balaban J connectivity index is 2.15. The van der Waals surface area contributed by atoms with E-state index in [9.17, 15) is 4.79 Å². The van der Waals surface area contributed by atoms with Crippen molar-refractivity contribution in [3.05, 3.63) is 11.6 Å². The van der Waals surface area contributed by atoms with Crippen LogP contribution in [-0.2, 0) is 14.3 Å². The first-order chi connectivity index (χ1) is 6.20. The molecule has 0 aromatic heterocycles. The van der Waals surface area contributed by atoms with Gasteiger partial charge in [0, 0.05) is 18.9 Å². The van der Waals surface area contributed by atoms with Crippen molar-refractivity contribution in [1.82, 2.24) is 0 Å². The highest BCUT2D eigenvalue weighted by Crippen LogP contribution is 2.34. The van der Waals surface area contributed by atoms with Gasteiger partial charge in [-0.3, -0.25) is 0 Å². The van der Waals surface area contributed by atoms with Gasteiger partial charge in [-0.05, 0) is 19.8 Å². The molecule has 1 fully saturated rings. The van der Waals surface area contributed by atoms with Crippen LogP contribution in [0.25, 0.3) is 0 Å². The normalized spacial score (nSPS) is 34.2. The summed E-state index contributed by atoms with van der Waals surface area (Å²) in [6.45, 7) is 2.65. The Morgan fingerprint density at radius 3 is 2.92 bits per heavy atom. The highest BCUT2D eigenvalue weighted by molar-refractivity contribution is 5.84. The van der Waals surface area contributed by atoms with E-state index in [1.165, 1.54) is 0 Å². The Morgan fingerprint density at radius 2 is 2.31 bits per heavy atom. The molecule has 2 aliphatic rings. The first-order valence-electron chi connectivity index (χ1n) is 4.74. The summed E-state index contributed by atoms with van der Waals surface area (Å²) in [6.07, 6.45) is 5.27. The predicted molar refractivity (Wildman–Crippen MR) is 47.0 cm³/mol. The van der Waals surface area contributed by atoms with Gasteiger partial charge in [-0.15, -0.1) is 0 Å². The smallest absolute Gasteiger partial charge is 0.333 e. The van der Waals surface area contributed by atoms with Gasteiger partial charge in [0.05, 0.1) is 6.61 Å². The minimum atomic E-state index is -0.617. The number of rotatable bonds is 0. The van der Waals surface area contributed by atoms with Crippen LogP contribution in [-0.4, -0.2) is 18.4 Å². The van der Waals surface area contributed by atoms with E-state index in [1.54, 1.807) is 6.08 Å². The Labute approximate surface area is 77.7 Å². The molecule has 0 N–H and O–H groups in total. The molecule has 0 saturated carbocycles. The molecular formula is C10H14O3. The van der Waals surface area contributed by atoms with Gasteiger partial charge >= 0.3 is 5.97 Å². The summed E-state index contributed by atoms with van der Waals surface area (Å²) in [5.74, 6) is -0.876. The molecule has 3 nitrogen and oxygen atoms in total. The lowest BCUT2D eigenvalue weighted by molar-refractivity contribution is -0.245. The summed E-state index contributed by atoms with van der Waals surface area (Å²) in [7, 11) is 0. The van der Waals surface area contributed by atoms with Crippen LogP contribution in [0.1, 0.15) is 32.6 Å². The molecule has 2 heterocycles. The van der Waals surface area contributed by atoms with E-state index in [4.69, 9.17) is 9.47 Å². The minimum absolute atomic E-state index is 0.259. The van der Waals surface area contributed by atoms with Crippen LogP contribution in [0.15, 0.2) is 11.6 Å². The molecule has 2 aliphatic heterocycles. The summed E-state index contributed by atoms with van der Waals surface area (Å²) in [4.78, 5) is 11.2. The van der Waals surface area contributed by atoms with Gasteiger partial charge in [-0.25, -0.2) is 4.79 Å². The third-order valence-corrected chi connectivity index (χ3v) is 2.52. The van der Waals surface area contributed by atoms with Crippen molar-refractivity contribution in [3.8, 4) is 0 Å². The maximum absolute atomic E-state index is 11.2. The van der Waals surface area contributed by atoms with Crippen molar-refractivity contribution < 1.29 is 14.3 Å². The quantitative estimate of drug-likeness (QED) is 0.536. The Bertz CT molecular complexity index is 249. The molecule has 0 aromatic rings. The molecule has 1 atom stereocenters. The molecule has 13 heavy (non-hydrogen) atoms. The second-order valence-electron chi connectivity index (χ2n) is 3.80. The molecule has 1 spiro atoms. The second kappa shape index (κ2) is 3.14. The van der Waals surface area contributed by atoms with Gasteiger partial charge in [0.1, 0.15) is 0 Å². The van der Waals surface area contributed by atoms with E-state index < -0.39 is 5.79 Å². The summed E-state index contributed by atoms with van der Waals surface area (Å²) in [5, 5.41) is 0. The molecule has 1 unspecified atom stereocenters. The molecule has 1 saturated heterocycles. The summed E-state index contributed by atoms with van der Waals surface area (Å²) in [6, 6.07) is 0. The topological polar surface area (TPSA) is 35.5 Å². The Morgan fingerprint density at radius 1 is 1.46 bits per heavy atom. The predicted octanol–water partition coefficient (Wildman–Crippen LogP) is 1.78. The molecule has 0 amide bonds. The molecule has 0 aliphatic carbocycles. The number of carbonyl (C=O) groups is 1. The van der Waals surface area contributed by atoms with Gasteiger partial charge in [0.15, 0.2) is 0 Å². The fourth-order valence-corrected chi connectivity index (χ4v) is 1.97. The number of hydrogen-bond acceptors (Lipinski definition) is 3. The first kappa shape index (κ1) is 8.75. The Hall–Kier alpha value is -0.830. The highest BCUT2D eigenvalue weighted by Gasteiger charge is 2.39. The van der Waals surface area contributed by atoms with Gasteiger partial charge in [0.2, 0.25) is 5.79 Å². The van der Waals surface area contributed by atoms with Gasteiger partial charge in [0.25, 0.3) is 0 Å². The monoisotopic (exact) mass is 182 g/mol. The average Bonchev–Trinajstić information content (AvgIpc) is 2.02. The average molecular weight is 182 g/mol. The largest absolute Gasteiger partial charge is 0.430 e. The first-order valence-corrected chi connectivity index (χ1v) is 4.74. The van der Waals surface area contributed by atoms with Gasteiger partial charge in [-0.1, -0.05) is 5.57 Å². The summed E-state index contributed by atoms with van der Waals surface area (Å²) >= 11 is 0. The molecule has 0 bridgehead atoms. The summed E-state index contributed by atoms with van der Waals surface area (Å²) in [5.41, 5.74) is 1.05. The number of esters is 1. The van der Waals surface area contributed by atoms with Crippen molar-refractivity contribution in [3.63, 3.8) is 0 Å². The molecule has 72 valence electrons. The maximum atomic E-state index is 11.2. The van der Waals surface area contributed by atoms with E-state index in [0.29, 0.717) is 6.61 Å². The van der Waals surface area contributed by atoms with Crippen molar-refractivity contribution >= 4 is 5.97 Å². The van der Waals surface area contributed by atoms with Gasteiger partial charge < -0.3 is 9.47 Å². The molecule has 0 aromatic carbocycles. The van der Waals surface area contributed by atoms with Crippen LogP contribution in [0.4, 0.5) is 0 Å². The fourth-order valence-electron chi connectivity index (χ4n) is 1.97. The van der Waals surface area contributed by atoms with Crippen LogP contribution in [0.3, 0.4) is 0 Å². The van der Waals surface area contributed by atoms with Crippen LogP contribution in [0.2, 0.25) is 0 Å². The summed E-state index contributed by atoms with van der Waals surface area (Å²) < 4.78 is 10.8. The highest BCUT2D eigenvalue weighted by atomic mass is 16.7. The SMILES string of the molecule is CC1=CC(=O)OC2(CCCCO2)C1. The molecule has 0 radical (unpaired) electrons. The minimum Gasteiger partial charge on any atom is -0.430 e. The number of hydrogen-bond donors (Lipinski definition) is 0. The fraction of sp³-hybridized carbons (Fsp3) is 0.700. The van der Waals surface area contributed by atoms with E-state index in [1.807, 2.05) is 6.92 Å². The van der Waals surface area contributed by atoms with Gasteiger partial charge in [-0.2, -0.15) is 0 Å². The Kier molecular flexibility index (Phi) is 2.12. The second-order valence-corrected chi connectivity index (χ2v) is 3.80. The zero-order valence-corrected chi connectivity index (χ0v) is 7.84. The lowest BCUT2D eigenvalue weighted by atomic mass is 9.96.